The molecule has 4 nitrogen and oxygen atoms in total. The highest BCUT2D eigenvalue weighted by atomic mass is 16.5. The SMILES string of the molecule is CC(C)(C)n1oc(=O)c(CO)c1-c1ccccc1. The Kier molecular flexibility index (Phi) is 3.13. The third kappa shape index (κ3) is 2.11. The van der Waals surface area contributed by atoms with Gasteiger partial charge < -0.3 is 9.63 Å². The van der Waals surface area contributed by atoms with Gasteiger partial charge in [0.25, 0.3) is 0 Å². The highest BCUT2D eigenvalue weighted by molar-refractivity contribution is 5.62. The van der Waals surface area contributed by atoms with Gasteiger partial charge >= 0.3 is 5.63 Å². The fourth-order valence-electron chi connectivity index (χ4n) is 1.90. The number of benzene rings is 1. The number of rotatable bonds is 2. The molecular formula is C14H17NO3. The fraction of sp³-hybridized carbons (Fsp3) is 0.357. The highest BCUT2D eigenvalue weighted by Gasteiger charge is 2.25. The summed E-state index contributed by atoms with van der Waals surface area (Å²) in [5.74, 6) is 0. The number of nitrogens with zero attached hydrogens (tertiary/aromatic N) is 1. The Balaban J connectivity index is 2.75. The van der Waals surface area contributed by atoms with Crippen molar-refractivity contribution in [3.8, 4) is 11.3 Å². The first-order valence-electron chi connectivity index (χ1n) is 5.87. The van der Waals surface area contributed by atoms with Crippen molar-refractivity contribution in [2.24, 2.45) is 0 Å². The molecule has 2 aromatic rings. The topological polar surface area (TPSA) is 55.4 Å². The third-order valence-corrected chi connectivity index (χ3v) is 2.72. The number of aromatic nitrogens is 1. The van der Waals surface area contributed by atoms with Gasteiger partial charge in [-0.1, -0.05) is 30.3 Å². The van der Waals surface area contributed by atoms with Gasteiger partial charge in [0.1, 0.15) is 0 Å². The van der Waals surface area contributed by atoms with Crippen molar-refractivity contribution in [2.45, 2.75) is 32.9 Å². The van der Waals surface area contributed by atoms with E-state index in [2.05, 4.69) is 0 Å². The minimum atomic E-state index is -0.480. The molecule has 0 aliphatic rings. The maximum Gasteiger partial charge on any atom is 0.363 e. The summed E-state index contributed by atoms with van der Waals surface area (Å²) in [6.45, 7) is 5.52. The van der Waals surface area contributed by atoms with Gasteiger partial charge in [0.2, 0.25) is 0 Å². The minimum Gasteiger partial charge on any atom is -0.391 e. The van der Waals surface area contributed by atoms with Crippen LogP contribution in [0.4, 0.5) is 0 Å². The van der Waals surface area contributed by atoms with Gasteiger partial charge in [0, 0.05) is 5.56 Å². The van der Waals surface area contributed by atoms with E-state index in [9.17, 15) is 9.90 Å². The smallest absolute Gasteiger partial charge is 0.363 e. The van der Waals surface area contributed by atoms with Crippen LogP contribution < -0.4 is 5.63 Å². The van der Waals surface area contributed by atoms with Gasteiger partial charge in [-0.2, -0.15) is 4.74 Å². The summed E-state index contributed by atoms with van der Waals surface area (Å²) < 4.78 is 6.82. The summed E-state index contributed by atoms with van der Waals surface area (Å²) in [5.41, 5.74) is 0.970. The molecule has 1 aromatic carbocycles. The summed E-state index contributed by atoms with van der Waals surface area (Å²) in [7, 11) is 0. The van der Waals surface area contributed by atoms with Gasteiger partial charge in [-0.05, 0) is 20.8 Å². The third-order valence-electron chi connectivity index (χ3n) is 2.72. The molecule has 0 fully saturated rings. The zero-order valence-electron chi connectivity index (χ0n) is 10.8. The number of hydrogen-bond donors (Lipinski definition) is 1. The normalized spacial score (nSPS) is 11.8. The maximum atomic E-state index is 11.8. The average Bonchev–Trinajstić information content (AvgIpc) is 2.67. The lowest BCUT2D eigenvalue weighted by molar-refractivity contribution is 0.157. The van der Waals surface area contributed by atoms with E-state index in [0.717, 1.165) is 5.56 Å². The Morgan fingerprint density at radius 2 is 1.83 bits per heavy atom. The molecule has 2 rings (SSSR count). The molecule has 0 aliphatic carbocycles. The Labute approximate surface area is 105 Å². The van der Waals surface area contributed by atoms with E-state index < -0.39 is 5.63 Å². The zero-order chi connectivity index (χ0) is 13.3. The largest absolute Gasteiger partial charge is 0.391 e. The second-order valence-corrected chi connectivity index (χ2v) is 5.20. The maximum absolute atomic E-state index is 11.8. The molecule has 96 valence electrons. The second kappa shape index (κ2) is 4.46. The first-order chi connectivity index (χ1) is 8.45. The fourth-order valence-corrected chi connectivity index (χ4v) is 1.90. The van der Waals surface area contributed by atoms with E-state index in [0.29, 0.717) is 11.3 Å². The predicted octanol–water partition coefficient (Wildman–Crippen LogP) is 2.36. The monoisotopic (exact) mass is 247 g/mol. The van der Waals surface area contributed by atoms with E-state index in [4.69, 9.17) is 4.52 Å². The molecule has 1 heterocycles. The van der Waals surface area contributed by atoms with E-state index in [1.165, 1.54) is 0 Å². The number of aliphatic hydroxyl groups excluding tert-OH is 1. The average molecular weight is 247 g/mol. The molecule has 0 aliphatic heterocycles. The van der Waals surface area contributed by atoms with Gasteiger partial charge in [-0.15, -0.1) is 0 Å². The Morgan fingerprint density at radius 1 is 1.22 bits per heavy atom. The molecule has 1 aromatic heterocycles. The Morgan fingerprint density at radius 3 is 2.33 bits per heavy atom. The van der Waals surface area contributed by atoms with E-state index >= 15 is 0 Å². The lowest BCUT2D eigenvalue weighted by atomic mass is 10.0. The van der Waals surface area contributed by atoms with Crippen molar-refractivity contribution in [3.05, 3.63) is 46.3 Å². The second-order valence-electron chi connectivity index (χ2n) is 5.20. The Hall–Kier alpha value is -1.81. The molecule has 0 saturated carbocycles. The molecule has 4 heteroatoms. The first-order valence-corrected chi connectivity index (χ1v) is 5.87. The van der Waals surface area contributed by atoms with Crippen LogP contribution in [0.3, 0.4) is 0 Å². The van der Waals surface area contributed by atoms with Gasteiger partial charge in [0.15, 0.2) is 0 Å². The molecule has 0 atom stereocenters. The van der Waals surface area contributed by atoms with Crippen LogP contribution in [0.25, 0.3) is 11.3 Å². The Bertz CT molecular complexity index is 588. The van der Waals surface area contributed by atoms with Crippen LogP contribution in [0.5, 0.6) is 0 Å². The van der Waals surface area contributed by atoms with Crippen LogP contribution in [0.1, 0.15) is 26.3 Å². The summed E-state index contributed by atoms with van der Waals surface area (Å²) in [6.07, 6.45) is 0. The van der Waals surface area contributed by atoms with E-state index in [-0.39, 0.29) is 12.1 Å². The van der Waals surface area contributed by atoms with Crippen molar-refractivity contribution >= 4 is 0 Å². The minimum absolute atomic E-state index is 0.302. The van der Waals surface area contributed by atoms with E-state index in [1.54, 1.807) is 4.74 Å². The first kappa shape index (κ1) is 12.6. The van der Waals surface area contributed by atoms with Crippen molar-refractivity contribution in [1.29, 1.82) is 0 Å². The van der Waals surface area contributed by atoms with Crippen molar-refractivity contribution in [1.82, 2.24) is 4.74 Å². The zero-order valence-corrected chi connectivity index (χ0v) is 10.8. The van der Waals surface area contributed by atoms with E-state index in [1.807, 2.05) is 51.1 Å². The van der Waals surface area contributed by atoms with Crippen LogP contribution >= 0.6 is 0 Å². The summed E-state index contributed by atoms with van der Waals surface area (Å²) in [4.78, 5) is 11.8. The molecule has 1 N–H and O–H groups in total. The standard InChI is InChI=1S/C14H17NO3/c1-14(2,3)15-12(10-7-5-4-6-8-10)11(9-16)13(17)18-15/h4-8,16H,9H2,1-3H3. The van der Waals surface area contributed by atoms with Crippen LogP contribution in [0.2, 0.25) is 0 Å². The summed E-state index contributed by atoms with van der Waals surface area (Å²) in [5, 5.41) is 9.37. The number of hydrogen-bond acceptors (Lipinski definition) is 3. The number of aliphatic hydroxyl groups is 1. The molecule has 18 heavy (non-hydrogen) atoms. The van der Waals surface area contributed by atoms with Crippen molar-refractivity contribution < 1.29 is 9.63 Å². The lowest BCUT2D eigenvalue weighted by Crippen LogP contribution is -2.22. The molecule has 0 radical (unpaired) electrons. The van der Waals surface area contributed by atoms with Crippen LogP contribution in [-0.2, 0) is 12.1 Å². The van der Waals surface area contributed by atoms with Crippen LogP contribution in [-0.4, -0.2) is 9.85 Å². The van der Waals surface area contributed by atoms with Gasteiger partial charge in [-0.25, -0.2) is 4.79 Å². The highest BCUT2D eigenvalue weighted by Crippen LogP contribution is 2.28. The molecule has 0 unspecified atom stereocenters. The van der Waals surface area contributed by atoms with Crippen LogP contribution in [0, 0.1) is 0 Å². The lowest BCUT2D eigenvalue weighted by Gasteiger charge is -2.21. The van der Waals surface area contributed by atoms with Gasteiger partial charge in [-0.3, -0.25) is 0 Å². The molecule has 0 spiro atoms. The van der Waals surface area contributed by atoms with Crippen molar-refractivity contribution in [3.63, 3.8) is 0 Å². The molecule has 0 amide bonds. The summed E-state index contributed by atoms with van der Waals surface area (Å²) in [6, 6.07) is 9.47. The van der Waals surface area contributed by atoms with Crippen LogP contribution in [0.15, 0.2) is 39.6 Å². The summed E-state index contributed by atoms with van der Waals surface area (Å²) >= 11 is 0. The molecule has 0 bridgehead atoms. The van der Waals surface area contributed by atoms with Gasteiger partial charge in [0.05, 0.1) is 23.4 Å². The predicted molar refractivity (Wildman–Crippen MR) is 69.3 cm³/mol. The van der Waals surface area contributed by atoms with Crippen molar-refractivity contribution in [2.75, 3.05) is 0 Å². The molecule has 0 saturated heterocycles. The molecular weight excluding hydrogens is 230 g/mol. The quantitative estimate of drug-likeness (QED) is 0.886.